The van der Waals surface area contributed by atoms with Gasteiger partial charge in [-0.25, -0.2) is 0 Å². The Labute approximate surface area is 119 Å². The molecule has 0 aliphatic carbocycles. The van der Waals surface area contributed by atoms with Crippen LogP contribution in [0.3, 0.4) is 0 Å². The molecule has 2 nitrogen and oxygen atoms in total. The molecule has 1 atom stereocenters. The highest BCUT2D eigenvalue weighted by Crippen LogP contribution is 2.30. The van der Waals surface area contributed by atoms with Crippen molar-refractivity contribution in [1.82, 2.24) is 4.57 Å². The quantitative estimate of drug-likeness (QED) is 0.744. The van der Waals surface area contributed by atoms with Gasteiger partial charge in [0.1, 0.15) is 0 Å². The third kappa shape index (κ3) is 2.11. The molecule has 0 amide bonds. The van der Waals surface area contributed by atoms with Crippen LogP contribution in [0.15, 0.2) is 42.5 Å². The SMILES string of the molecule is CCn1c2ccccc2c2cc([C@H](C)N)ccc21.Cl. The Balaban J connectivity index is 0.00000133. The number of rotatable bonds is 2. The molecule has 0 unspecified atom stereocenters. The largest absolute Gasteiger partial charge is 0.341 e. The van der Waals surface area contributed by atoms with E-state index in [9.17, 15) is 0 Å². The number of aryl methyl sites for hydroxylation is 1. The predicted molar refractivity (Wildman–Crippen MR) is 85.0 cm³/mol. The van der Waals surface area contributed by atoms with Crippen molar-refractivity contribution >= 4 is 34.2 Å². The number of fused-ring (bicyclic) bond motifs is 3. The van der Waals surface area contributed by atoms with Gasteiger partial charge in [0.2, 0.25) is 0 Å². The summed E-state index contributed by atoms with van der Waals surface area (Å²) in [7, 11) is 0. The molecule has 0 bridgehead atoms. The minimum Gasteiger partial charge on any atom is -0.341 e. The third-order valence-electron chi connectivity index (χ3n) is 3.64. The molecule has 0 spiro atoms. The molecule has 3 rings (SSSR count). The van der Waals surface area contributed by atoms with Crippen molar-refractivity contribution in [2.24, 2.45) is 5.73 Å². The Hall–Kier alpha value is -1.51. The molecule has 0 saturated heterocycles. The molecule has 3 heteroatoms. The highest BCUT2D eigenvalue weighted by molar-refractivity contribution is 6.08. The first kappa shape index (κ1) is 13.9. The summed E-state index contributed by atoms with van der Waals surface area (Å²) in [6.45, 7) is 5.20. The molecule has 100 valence electrons. The highest BCUT2D eigenvalue weighted by Gasteiger charge is 2.10. The molecule has 0 aliphatic heterocycles. The van der Waals surface area contributed by atoms with E-state index in [0.717, 1.165) is 6.54 Å². The van der Waals surface area contributed by atoms with E-state index >= 15 is 0 Å². The van der Waals surface area contributed by atoms with Gasteiger partial charge < -0.3 is 10.3 Å². The van der Waals surface area contributed by atoms with E-state index in [2.05, 4.69) is 54.0 Å². The summed E-state index contributed by atoms with van der Waals surface area (Å²) >= 11 is 0. The third-order valence-corrected chi connectivity index (χ3v) is 3.64. The van der Waals surface area contributed by atoms with Crippen LogP contribution in [0.2, 0.25) is 0 Å². The minimum atomic E-state index is 0. The first-order valence-corrected chi connectivity index (χ1v) is 6.49. The van der Waals surface area contributed by atoms with Crippen molar-refractivity contribution in [3.05, 3.63) is 48.0 Å². The van der Waals surface area contributed by atoms with Crippen molar-refractivity contribution in [2.75, 3.05) is 0 Å². The zero-order valence-corrected chi connectivity index (χ0v) is 12.1. The van der Waals surface area contributed by atoms with Gasteiger partial charge in [-0.05, 0) is 37.6 Å². The molecule has 19 heavy (non-hydrogen) atoms. The fourth-order valence-corrected chi connectivity index (χ4v) is 2.70. The maximum Gasteiger partial charge on any atom is 0.0491 e. The first-order valence-electron chi connectivity index (χ1n) is 6.49. The Morgan fingerprint density at radius 3 is 2.42 bits per heavy atom. The second-order valence-electron chi connectivity index (χ2n) is 4.83. The number of hydrogen-bond acceptors (Lipinski definition) is 1. The summed E-state index contributed by atoms with van der Waals surface area (Å²) in [5.41, 5.74) is 9.77. The van der Waals surface area contributed by atoms with E-state index < -0.39 is 0 Å². The predicted octanol–water partition coefficient (Wildman–Crippen LogP) is 4.26. The van der Waals surface area contributed by atoms with Gasteiger partial charge in [0.05, 0.1) is 0 Å². The summed E-state index contributed by atoms with van der Waals surface area (Å²) in [5.74, 6) is 0. The van der Waals surface area contributed by atoms with Gasteiger partial charge in [-0.2, -0.15) is 0 Å². The second-order valence-corrected chi connectivity index (χ2v) is 4.83. The van der Waals surface area contributed by atoms with Gasteiger partial charge in [0.15, 0.2) is 0 Å². The molecule has 0 radical (unpaired) electrons. The first-order chi connectivity index (χ1) is 8.72. The Bertz CT molecular complexity index is 713. The van der Waals surface area contributed by atoms with Crippen LogP contribution in [0, 0.1) is 0 Å². The van der Waals surface area contributed by atoms with Crippen molar-refractivity contribution in [3.63, 3.8) is 0 Å². The molecule has 0 aliphatic rings. The van der Waals surface area contributed by atoms with Crippen LogP contribution in [0.5, 0.6) is 0 Å². The molecule has 3 aromatic rings. The average molecular weight is 275 g/mol. The van der Waals surface area contributed by atoms with Gasteiger partial charge >= 0.3 is 0 Å². The summed E-state index contributed by atoms with van der Waals surface area (Å²) in [6.07, 6.45) is 0. The average Bonchev–Trinajstić information content (AvgIpc) is 2.71. The molecule has 0 fully saturated rings. The van der Waals surface area contributed by atoms with Crippen molar-refractivity contribution < 1.29 is 0 Å². The van der Waals surface area contributed by atoms with Crippen molar-refractivity contribution in [1.29, 1.82) is 0 Å². The fourth-order valence-electron chi connectivity index (χ4n) is 2.70. The van der Waals surface area contributed by atoms with Crippen LogP contribution < -0.4 is 5.73 Å². The van der Waals surface area contributed by atoms with Crippen LogP contribution in [0.4, 0.5) is 0 Å². The van der Waals surface area contributed by atoms with Crippen LogP contribution in [-0.2, 0) is 6.54 Å². The maximum atomic E-state index is 5.98. The zero-order chi connectivity index (χ0) is 12.7. The topological polar surface area (TPSA) is 30.9 Å². The lowest BCUT2D eigenvalue weighted by molar-refractivity contribution is 0.815. The number of para-hydroxylation sites is 1. The summed E-state index contributed by atoms with van der Waals surface area (Å²) < 4.78 is 2.36. The fraction of sp³-hybridized carbons (Fsp3) is 0.250. The summed E-state index contributed by atoms with van der Waals surface area (Å²) in [4.78, 5) is 0. The van der Waals surface area contributed by atoms with E-state index in [1.54, 1.807) is 0 Å². The number of aromatic nitrogens is 1. The number of benzene rings is 2. The number of nitrogens with two attached hydrogens (primary N) is 1. The molecular formula is C16H19ClN2. The van der Waals surface area contributed by atoms with Crippen LogP contribution in [0.25, 0.3) is 21.8 Å². The second kappa shape index (κ2) is 5.24. The molecular weight excluding hydrogens is 256 g/mol. The molecule has 0 saturated carbocycles. The van der Waals surface area contributed by atoms with E-state index in [0.29, 0.717) is 0 Å². The lowest BCUT2D eigenvalue weighted by Crippen LogP contribution is -2.04. The maximum absolute atomic E-state index is 5.98. The van der Waals surface area contributed by atoms with E-state index in [4.69, 9.17) is 5.73 Å². The van der Waals surface area contributed by atoms with E-state index in [1.165, 1.54) is 27.4 Å². The van der Waals surface area contributed by atoms with Crippen LogP contribution in [-0.4, -0.2) is 4.57 Å². The lowest BCUT2D eigenvalue weighted by Gasteiger charge is -2.06. The lowest BCUT2D eigenvalue weighted by atomic mass is 10.1. The standard InChI is InChI=1S/C16H18N2.ClH/c1-3-18-15-7-5-4-6-13(15)14-10-12(11(2)17)8-9-16(14)18;/h4-11H,3,17H2,1-2H3;1H/t11-;/m0./s1. The van der Waals surface area contributed by atoms with Crippen LogP contribution >= 0.6 is 12.4 Å². The summed E-state index contributed by atoms with van der Waals surface area (Å²) in [6, 6.07) is 15.2. The van der Waals surface area contributed by atoms with Crippen molar-refractivity contribution in [3.8, 4) is 0 Å². The van der Waals surface area contributed by atoms with Crippen molar-refractivity contribution in [2.45, 2.75) is 26.4 Å². The molecule has 1 heterocycles. The smallest absolute Gasteiger partial charge is 0.0491 e. The number of hydrogen-bond donors (Lipinski definition) is 1. The summed E-state index contributed by atoms with van der Waals surface area (Å²) in [5, 5.41) is 2.62. The van der Waals surface area contributed by atoms with Crippen LogP contribution in [0.1, 0.15) is 25.5 Å². The van der Waals surface area contributed by atoms with E-state index in [-0.39, 0.29) is 18.4 Å². The molecule has 2 N–H and O–H groups in total. The van der Waals surface area contributed by atoms with Gasteiger partial charge in [0.25, 0.3) is 0 Å². The Morgan fingerprint density at radius 2 is 1.74 bits per heavy atom. The Kier molecular flexibility index (Phi) is 3.83. The van der Waals surface area contributed by atoms with Gasteiger partial charge in [-0.1, -0.05) is 24.3 Å². The van der Waals surface area contributed by atoms with Gasteiger partial charge in [0, 0.05) is 34.4 Å². The number of nitrogens with zero attached hydrogens (tertiary/aromatic N) is 1. The zero-order valence-electron chi connectivity index (χ0n) is 11.3. The highest BCUT2D eigenvalue weighted by atomic mass is 35.5. The van der Waals surface area contributed by atoms with E-state index in [1.807, 2.05) is 6.92 Å². The minimum absolute atomic E-state index is 0. The van der Waals surface area contributed by atoms with Gasteiger partial charge in [-0.15, -0.1) is 12.4 Å². The van der Waals surface area contributed by atoms with Gasteiger partial charge in [-0.3, -0.25) is 0 Å². The Morgan fingerprint density at radius 1 is 1.05 bits per heavy atom. The number of halogens is 1. The monoisotopic (exact) mass is 274 g/mol. The molecule has 1 aromatic heterocycles. The normalized spacial score (nSPS) is 12.6. The molecule has 2 aromatic carbocycles.